The zero-order valence-electron chi connectivity index (χ0n) is 8.21. The van der Waals surface area contributed by atoms with Crippen LogP contribution in [0.3, 0.4) is 0 Å². The molecule has 0 unspecified atom stereocenters. The molecule has 1 aliphatic carbocycles. The minimum atomic E-state index is -0.0635. The smallest absolute Gasteiger partial charge is 0.110 e. The summed E-state index contributed by atoms with van der Waals surface area (Å²) >= 11 is 0. The summed E-state index contributed by atoms with van der Waals surface area (Å²) in [6, 6.07) is 6.14. The average molecular weight is 177 g/mol. The molecule has 1 fully saturated rings. The molecule has 0 aromatic carbocycles. The third-order valence-corrected chi connectivity index (χ3v) is 2.91. The first-order valence-electron chi connectivity index (χ1n) is 4.76. The third-order valence-electron chi connectivity index (χ3n) is 2.91. The van der Waals surface area contributed by atoms with E-state index in [1.807, 2.05) is 13.0 Å². The summed E-state index contributed by atoms with van der Waals surface area (Å²) in [4.78, 5) is 4.51. The molecule has 0 N–H and O–H groups in total. The van der Waals surface area contributed by atoms with Crippen LogP contribution in [0.25, 0.3) is 0 Å². The van der Waals surface area contributed by atoms with Gasteiger partial charge in [-0.05, 0) is 38.3 Å². The van der Waals surface area contributed by atoms with Gasteiger partial charge in [-0.2, -0.15) is 0 Å². The Balaban J connectivity index is 2.33. The number of hydrogen-bond donors (Lipinski definition) is 0. The number of pyridine rings is 1. The van der Waals surface area contributed by atoms with Crippen LogP contribution in [0, 0.1) is 6.92 Å². The number of hydrogen-bond acceptors (Lipinski definition) is 2. The van der Waals surface area contributed by atoms with Crippen LogP contribution in [0.1, 0.15) is 30.7 Å². The van der Waals surface area contributed by atoms with Crippen LogP contribution in [-0.4, -0.2) is 12.1 Å². The van der Waals surface area contributed by atoms with Gasteiger partial charge in [-0.15, -0.1) is 0 Å². The number of aryl methyl sites for hydroxylation is 1. The fourth-order valence-corrected chi connectivity index (χ4v) is 1.86. The molecule has 0 amide bonds. The number of ether oxygens (including phenoxy) is 1. The Morgan fingerprint density at radius 2 is 2.15 bits per heavy atom. The molecule has 1 saturated carbocycles. The SMILES string of the molecule is COC1(c2cccc(C)n2)CCC1. The van der Waals surface area contributed by atoms with Gasteiger partial charge >= 0.3 is 0 Å². The number of aromatic nitrogens is 1. The van der Waals surface area contributed by atoms with Crippen LogP contribution in [0.2, 0.25) is 0 Å². The third kappa shape index (κ3) is 1.35. The maximum atomic E-state index is 5.55. The largest absolute Gasteiger partial charge is 0.372 e. The van der Waals surface area contributed by atoms with Crippen LogP contribution < -0.4 is 0 Å². The molecule has 2 heteroatoms. The highest BCUT2D eigenvalue weighted by Gasteiger charge is 2.39. The van der Waals surface area contributed by atoms with Gasteiger partial charge in [-0.25, -0.2) is 0 Å². The second-order valence-electron chi connectivity index (χ2n) is 3.72. The first-order chi connectivity index (χ1) is 6.27. The molecule has 70 valence electrons. The highest BCUT2D eigenvalue weighted by Crippen LogP contribution is 2.43. The molecule has 0 aliphatic heterocycles. The standard InChI is InChI=1S/C11H15NO/c1-9-5-3-6-10(12-9)11(13-2)7-4-8-11/h3,5-6H,4,7-8H2,1-2H3. The highest BCUT2D eigenvalue weighted by molar-refractivity contribution is 5.19. The molecule has 0 atom stereocenters. The Morgan fingerprint density at radius 1 is 1.38 bits per heavy atom. The van der Waals surface area contributed by atoms with E-state index in [-0.39, 0.29) is 5.60 Å². The number of methoxy groups -OCH3 is 1. The van der Waals surface area contributed by atoms with Gasteiger partial charge in [-0.1, -0.05) is 6.07 Å². The van der Waals surface area contributed by atoms with Crippen molar-refractivity contribution >= 4 is 0 Å². The molecule has 0 bridgehead atoms. The second-order valence-corrected chi connectivity index (χ2v) is 3.72. The topological polar surface area (TPSA) is 22.1 Å². The van der Waals surface area contributed by atoms with Gasteiger partial charge < -0.3 is 4.74 Å². The van der Waals surface area contributed by atoms with Gasteiger partial charge in [-0.3, -0.25) is 4.98 Å². The monoisotopic (exact) mass is 177 g/mol. The highest BCUT2D eigenvalue weighted by atomic mass is 16.5. The van der Waals surface area contributed by atoms with Crippen molar-refractivity contribution < 1.29 is 4.74 Å². The quantitative estimate of drug-likeness (QED) is 0.692. The van der Waals surface area contributed by atoms with Crippen LogP contribution >= 0.6 is 0 Å². The Kier molecular flexibility index (Phi) is 2.08. The van der Waals surface area contributed by atoms with Crippen LogP contribution in [0.15, 0.2) is 18.2 Å². The Morgan fingerprint density at radius 3 is 2.62 bits per heavy atom. The van der Waals surface area contributed by atoms with Crippen molar-refractivity contribution in [3.05, 3.63) is 29.6 Å². The maximum Gasteiger partial charge on any atom is 0.110 e. The minimum Gasteiger partial charge on any atom is -0.372 e. The van der Waals surface area contributed by atoms with Gasteiger partial charge in [0, 0.05) is 12.8 Å². The molecule has 2 rings (SSSR count). The second kappa shape index (κ2) is 3.11. The zero-order chi connectivity index (χ0) is 9.31. The fourth-order valence-electron chi connectivity index (χ4n) is 1.86. The lowest BCUT2D eigenvalue weighted by atomic mass is 9.77. The van der Waals surface area contributed by atoms with Crippen LogP contribution in [0.5, 0.6) is 0 Å². The van der Waals surface area contributed by atoms with E-state index in [9.17, 15) is 0 Å². The van der Waals surface area contributed by atoms with E-state index in [2.05, 4.69) is 17.1 Å². The lowest BCUT2D eigenvalue weighted by molar-refractivity contribution is -0.0812. The molecule has 1 aromatic heterocycles. The fraction of sp³-hybridized carbons (Fsp3) is 0.545. The Hall–Kier alpha value is -0.890. The van der Waals surface area contributed by atoms with E-state index in [0.29, 0.717) is 0 Å². The van der Waals surface area contributed by atoms with Crippen molar-refractivity contribution in [2.45, 2.75) is 31.8 Å². The van der Waals surface area contributed by atoms with E-state index in [1.54, 1.807) is 7.11 Å². The van der Waals surface area contributed by atoms with Crippen molar-refractivity contribution in [3.63, 3.8) is 0 Å². The molecule has 1 aliphatic rings. The number of nitrogens with zero attached hydrogens (tertiary/aromatic N) is 1. The molecule has 1 aromatic rings. The van der Waals surface area contributed by atoms with Gasteiger partial charge in [0.05, 0.1) is 5.69 Å². The van der Waals surface area contributed by atoms with E-state index in [4.69, 9.17) is 4.74 Å². The van der Waals surface area contributed by atoms with Gasteiger partial charge in [0.15, 0.2) is 0 Å². The Labute approximate surface area is 78.9 Å². The van der Waals surface area contributed by atoms with Crippen molar-refractivity contribution in [2.24, 2.45) is 0 Å². The number of rotatable bonds is 2. The molecule has 0 saturated heterocycles. The molecule has 13 heavy (non-hydrogen) atoms. The summed E-state index contributed by atoms with van der Waals surface area (Å²) in [6.07, 6.45) is 3.48. The first-order valence-corrected chi connectivity index (χ1v) is 4.76. The molecular formula is C11H15NO. The van der Waals surface area contributed by atoms with Crippen molar-refractivity contribution in [1.82, 2.24) is 4.98 Å². The Bertz CT molecular complexity index is 299. The average Bonchev–Trinajstić information content (AvgIpc) is 2.03. The summed E-state index contributed by atoms with van der Waals surface area (Å²) < 4.78 is 5.55. The molecule has 2 nitrogen and oxygen atoms in total. The van der Waals surface area contributed by atoms with Crippen LogP contribution in [0.4, 0.5) is 0 Å². The summed E-state index contributed by atoms with van der Waals surface area (Å²) in [5.41, 5.74) is 2.11. The van der Waals surface area contributed by atoms with Crippen molar-refractivity contribution in [1.29, 1.82) is 0 Å². The van der Waals surface area contributed by atoms with Gasteiger partial charge in [0.1, 0.15) is 5.60 Å². The van der Waals surface area contributed by atoms with Crippen molar-refractivity contribution in [3.8, 4) is 0 Å². The van der Waals surface area contributed by atoms with Crippen molar-refractivity contribution in [2.75, 3.05) is 7.11 Å². The van der Waals surface area contributed by atoms with Gasteiger partial charge in [0.2, 0.25) is 0 Å². The summed E-state index contributed by atoms with van der Waals surface area (Å²) in [5.74, 6) is 0. The van der Waals surface area contributed by atoms with E-state index < -0.39 is 0 Å². The predicted molar refractivity (Wildman–Crippen MR) is 51.5 cm³/mol. The molecule has 0 spiro atoms. The lowest BCUT2D eigenvalue weighted by Gasteiger charge is -2.39. The zero-order valence-corrected chi connectivity index (χ0v) is 8.21. The normalized spacial score (nSPS) is 19.5. The minimum absolute atomic E-state index is 0.0635. The van der Waals surface area contributed by atoms with E-state index >= 15 is 0 Å². The maximum absolute atomic E-state index is 5.55. The van der Waals surface area contributed by atoms with Gasteiger partial charge in [0.25, 0.3) is 0 Å². The first kappa shape index (κ1) is 8.70. The predicted octanol–water partition coefficient (Wildman–Crippen LogP) is 2.42. The molecule has 1 heterocycles. The van der Waals surface area contributed by atoms with Crippen LogP contribution in [-0.2, 0) is 10.3 Å². The molecular weight excluding hydrogens is 162 g/mol. The van der Waals surface area contributed by atoms with E-state index in [1.165, 1.54) is 6.42 Å². The summed E-state index contributed by atoms with van der Waals surface area (Å²) in [6.45, 7) is 2.02. The molecule has 0 radical (unpaired) electrons. The summed E-state index contributed by atoms with van der Waals surface area (Å²) in [5, 5.41) is 0. The summed E-state index contributed by atoms with van der Waals surface area (Å²) in [7, 11) is 1.78. The lowest BCUT2D eigenvalue weighted by Crippen LogP contribution is -2.37. The van der Waals surface area contributed by atoms with E-state index in [0.717, 1.165) is 24.2 Å².